The molecule has 0 atom stereocenters. The second-order valence-electron chi connectivity index (χ2n) is 4.58. The van der Waals surface area contributed by atoms with E-state index in [4.69, 9.17) is 5.26 Å². The molecular formula is C14H14N4O3. The molecule has 1 saturated heterocycles. The number of nitrogens with zero attached hydrogens (tertiary/aromatic N) is 3. The minimum absolute atomic E-state index is 0.337. The number of amides is 3. The van der Waals surface area contributed by atoms with Gasteiger partial charge in [0.2, 0.25) is 6.41 Å². The maximum Gasteiger partial charge on any atom is 0.313 e. The first-order valence-electron chi connectivity index (χ1n) is 6.44. The molecule has 0 spiro atoms. The second-order valence-corrected chi connectivity index (χ2v) is 4.58. The Hall–Kier alpha value is -2.88. The molecule has 3 amide bonds. The molecule has 21 heavy (non-hydrogen) atoms. The Bertz CT molecular complexity index is 600. The summed E-state index contributed by atoms with van der Waals surface area (Å²) in [7, 11) is 0. The average molecular weight is 286 g/mol. The van der Waals surface area contributed by atoms with E-state index in [9.17, 15) is 14.4 Å². The standard InChI is InChI=1S/C14H14N4O3/c15-9-11-2-1-3-12(8-11)16-13(20)14(21)18-6-4-17(10-19)5-7-18/h1-3,8,10H,4-7H2,(H,16,20). The third-order valence-corrected chi connectivity index (χ3v) is 3.19. The summed E-state index contributed by atoms with van der Waals surface area (Å²) in [6, 6.07) is 8.30. The van der Waals surface area contributed by atoms with Gasteiger partial charge in [0.05, 0.1) is 11.6 Å². The average Bonchev–Trinajstić information content (AvgIpc) is 2.54. The lowest BCUT2D eigenvalue weighted by molar-refractivity contribution is -0.144. The predicted molar refractivity (Wildman–Crippen MR) is 74.0 cm³/mol. The minimum Gasteiger partial charge on any atom is -0.342 e. The van der Waals surface area contributed by atoms with Gasteiger partial charge in [-0.3, -0.25) is 14.4 Å². The van der Waals surface area contributed by atoms with E-state index in [0.29, 0.717) is 37.4 Å². The second kappa shape index (κ2) is 6.52. The van der Waals surface area contributed by atoms with Crippen molar-refractivity contribution in [2.75, 3.05) is 31.5 Å². The van der Waals surface area contributed by atoms with Crippen molar-refractivity contribution in [1.82, 2.24) is 9.80 Å². The van der Waals surface area contributed by atoms with Crippen LogP contribution in [-0.2, 0) is 14.4 Å². The largest absolute Gasteiger partial charge is 0.342 e. The first-order chi connectivity index (χ1) is 10.1. The maximum absolute atomic E-state index is 12.0. The smallest absolute Gasteiger partial charge is 0.313 e. The van der Waals surface area contributed by atoms with E-state index >= 15 is 0 Å². The Balaban J connectivity index is 1.95. The number of rotatable bonds is 2. The first kappa shape index (κ1) is 14.5. The van der Waals surface area contributed by atoms with Crippen LogP contribution in [0.2, 0.25) is 0 Å². The van der Waals surface area contributed by atoms with Crippen molar-refractivity contribution >= 4 is 23.9 Å². The molecule has 1 aliphatic rings. The summed E-state index contributed by atoms with van der Waals surface area (Å²) in [5.74, 6) is -1.38. The third-order valence-electron chi connectivity index (χ3n) is 3.19. The Kier molecular flexibility index (Phi) is 4.51. The molecule has 1 fully saturated rings. The Morgan fingerprint density at radius 3 is 2.57 bits per heavy atom. The fourth-order valence-corrected chi connectivity index (χ4v) is 2.03. The maximum atomic E-state index is 12.0. The molecule has 7 nitrogen and oxygen atoms in total. The SMILES string of the molecule is N#Cc1cccc(NC(=O)C(=O)N2CCN(C=O)CC2)c1. The van der Waals surface area contributed by atoms with Crippen molar-refractivity contribution in [2.24, 2.45) is 0 Å². The van der Waals surface area contributed by atoms with Crippen LogP contribution in [0.3, 0.4) is 0 Å². The molecule has 2 rings (SSSR count). The number of anilines is 1. The number of nitrogens with one attached hydrogen (secondary N) is 1. The highest BCUT2D eigenvalue weighted by atomic mass is 16.2. The first-order valence-corrected chi connectivity index (χ1v) is 6.44. The van der Waals surface area contributed by atoms with Crippen molar-refractivity contribution in [3.05, 3.63) is 29.8 Å². The van der Waals surface area contributed by atoms with E-state index in [0.717, 1.165) is 6.41 Å². The van der Waals surface area contributed by atoms with Crippen LogP contribution >= 0.6 is 0 Å². The van der Waals surface area contributed by atoms with E-state index < -0.39 is 11.8 Å². The van der Waals surface area contributed by atoms with Crippen LogP contribution in [-0.4, -0.2) is 54.2 Å². The van der Waals surface area contributed by atoms with Gasteiger partial charge in [-0.2, -0.15) is 5.26 Å². The summed E-state index contributed by atoms with van der Waals surface area (Å²) in [5.41, 5.74) is 0.804. The monoisotopic (exact) mass is 286 g/mol. The number of benzene rings is 1. The van der Waals surface area contributed by atoms with Crippen LogP contribution in [0.4, 0.5) is 5.69 Å². The van der Waals surface area contributed by atoms with Crippen LogP contribution < -0.4 is 5.32 Å². The van der Waals surface area contributed by atoms with Crippen molar-refractivity contribution < 1.29 is 14.4 Å². The number of piperazine rings is 1. The minimum atomic E-state index is -0.746. The van der Waals surface area contributed by atoms with Gasteiger partial charge in [-0.25, -0.2) is 0 Å². The van der Waals surface area contributed by atoms with Crippen molar-refractivity contribution in [2.45, 2.75) is 0 Å². The van der Waals surface area contributed by atoms with Crippen LogP contribution in [0.1, 0.15) is 5.56 Å². The van der Waals surface area contributed by atoms with Gasteiger partial charge >= 0.3 is 11.8 Å². The highest BCUT2D eigenvalue weighted by Gasteiger charge is 2.25. The van der Waals surface area contributed by atoms with E-state index in [1.807, 2.05) is 6.07 Å². The van der Waals surface area contributed by atoms with Crippen molar-refractivity contribution in [3.8, 4) is 6.07 Å². The summed E-state index contributed by atoms with van der Waals surface area (Å²) < 4.78 is 0. The van der Waals surface area contributed by atoms with Crippen LogP contribution in [0, 0.1) is 11.3 Å². The zero-order valence-electron chi connectivity index (χ0n) is 11.3. The molecule has 0 radical (unpaired) electrons. The summed E-state index contributed by atoms with van der Waals surface area (Å²) in [4.78, 5) is 37.4. The fourth-order valence-electron chi connectivity index (χ4n) is 2.03. The molecule has 1 aromatic rings. The van der Waals surface area contributed by atoms with Gasteiger partial charge in [0.15, 0.2) is 0 Å². The van der Waals surface area contributed by atoms with E-state index in [1.165, 1.54) is 11.0 Å². The van der Waals surface area contributed by atoms with E-state index in [1.54, 1.807) is 23.1 Å². The van der Waals surface area contributed by atoms with Gasteiger partial charge in [0.25, 0.3) is 0 Å². The fraction of sp³-hybridized carbons (Fsp3) is 0.286. The molecule has 0 unspecified atom stereocenters. The Labute approximate surface area is 121 Å². The number of carbonyl (C=O) groups is 3. The highest BCUT2D eigenvalue weighted by Crippen LogP contribution is 2.10. The molecule has 1 aromatic carbocycles. The van der Waals surface area contributed by atoms with Crippen LogP contribution in [0.25, 0.3) is 0 Å². The summed E-state index contributed by atoms with van der Waals surface area (Å²) in [6.07, 6.45) is 0.731. The summed E-state index contributed by atoms with van der Waals surface area (Å²) >= 11 is 0. The highest BCUT2D eigenvalue weighted by molar-refractivity contribution is 6.39. The topological polar surface area (TPSA) is 93.5 Å². The van der Waals surface area contributed by atoms with E-state index in [-0.39, 0.29) is 0 Å². The van der Waals surface area contributed by atoms with Gasteiger partial charge in [-0.1, -0.05) is 6.07 Å². The molecule has 1 heterocycles. The van der Waals surface area contributed by atoms with Crippen molar-refractivity contribution in [1.29, 1.82) is 5.26 Å². The van der Waals surface area contributed by atoms with E-state index in [2.05, 4.69) is 5.32 Å². The molecule has 1 aliphatic heterocycles. The predicted octanol–water partition coefficient (Wildman–Crippen LogP) is -0.203. The molecule has 0 bridgehead atoms. The number of nitriles is 1. The zero-order chi connectivity index (χ0) is 15.2. The molecule has 1 N–H and O–H groups in total. The Morgan fingerprint density at radius 1 is 1.24 bits per heavy atom. The number of carbonyl (C=O) groups excluding carboxylic acids is 3. The van der Waals surface area contributed by atoms with Crippen LogP contribution in [0.15, 0.2) is 24.3 Å². The third kappa shape index (κ3) is 3.57. The van der Waals surface area contributed by atoms with Gasteiger partial charge in [0, 0.05) is 31.9 Å². The van der Waals surface area contributed by atoms with Crippen molar-refractivity contribution in [3.63, 3.8) is 0 Å². The normalized spacial score (nSPS) is 14.2. The molecular weight excluding hydrogens is 272 g/mol. The van der Waals surface area contributed by atoms with Gasteiger partial charge in [0.1, 0.15) is 0 Å². The molecule has 7 heteroatoms. The number of hydrogen-bond donors (Lipinski definition) is 1. The lowest BCUT2D eigenvalue weighted by Crippen LogP contribution is -2.51. The lowest BCUT2D eigenvalue weighted by atomic mass is 10.2. The Morgan fingerprint density at radius 2 is 1.95 bits per heavy atom. The lowest BCUT2D eigenvalue weighted by Gasteiger charge is -2.31. The quantitative estimate of drug-likeness (QED) is 0.601. The molecule has 0 aliphatic carbocycles. The van der Waals surface area contributed by atoms with Gasteiger partial charge in [-0.05, 0) is 18.2 Å². The molecule has 0 saturated carbocycles. The number of hydrogen-bond acceptors (Lipinski definition) is 4. The molecule has 108 valence electrons. The van der Waals surface area contributed by atoms with Crippen LogP contribution in [0.5, 0.6) is 0 Å². The summed E-state index contributed by atoms with van der Waals surface area (Å²) in [6.45, 7) is 1.52. The zero-order valence-corrected chi connectivity index (χ0v) is 11.3. The summed E-state index contributed by atoms with van der Waals surface area (Å²) in [5, 5.41) is 11.3. The van der Waals surface area contributed by atoms with Gasteiger partial charge in [-0.15, -0.1) is 0 Å². The van der Waals surface area contributed by atoms with Gasteiger partial charge < -0.3 is 15.1 Å². The molecule has 0 aromatic heterocycles.